The van der Waals surface area contributed by atoms with Gasteiger partial charge in [0, 0.05) is 44.3 Å². The number of carbonyl (C=O) groups excluding carboxylic acids is 1. The molecule has 1 unspecified atom stereocenters. The Bertz CT molecular complexity index is 901. The third kappa shape index (κ3) is 4.68. The van der Waals surface area contributed by atoms with Crippen LogP contribution in [0, 0.1) is 5.92 Å². The molecule has 2 aliphatic heterocycles. The van der Waals surface area contributed by atoms with E-state index in [-0.39, 0.29) is 22.6 Å². The topological polar surface area (TPSA) is 83.5 Å². The highest BCUT2D eigenvalue weighted by Gasteiger charge is 2.32. The summed E-state index contributed by atoms with van der Waals surface area (Å²) in [7, 11) is -3.41. The molecule has 30 heavy (non-hydrogen) atoms. The monoisotopic (exact) mass is 432 g/mol. The number of rotatable bonds is 4. The third-order valence-electron chi connectivity index (χ3n) is 6.62. The molecule has 0 bridgehead atoms. The molecule has 164 valence electrons. The van der Waals surface area contributed by atoms with Crippen molar-refractivity contribution in [2.75, 3.05) is 37.3 Å². The largest absolute Gasteiger partial charge is 0.342 e. The first-order valence-electron chi connectivity index (χ1n) is 11.2. The highest BCUT2D eigenvalue weighted by Crippen LogP contribution is 2.33. The molecule has 1 aromatic heterocycles. The van der Waals surface area contributed by atoms with Crippen molar-refractivity contribution in [3.63, 3.8) is 0 Å². The quantitative estimate of drug-likeness (QED) is 0.680. The molecule has 2 saturated heterocycles. The van der Waals surface area contributed by atoms with Crippen LogP contribution in [0.5, 0.6) is 0 Å². The number of hydrogen-bond donors (Lipinski definition) is 0. The second-order valence-corrected chi connectivity index (χ2v) is 10.8. The predicted molar refractivity (Wildman–Crippen MR) is 116 cm³/mol. The van der Waals surface area contributed by atoms with Gasteiger partial charge in [0.25, 0.3) is 0 Å². The number of allylic oxidation sites excluding steroid dienone is 2. The van der Waals surface area contributed by atoms with Gasteiger partial charge < -0.3 is 9.80 Å². The van der Waals surface area contributed by atoms with Crippen LogP contribution in [-0.4, -0.2) is 61.6 Å². The fourth-order valence-electron chi connectivity index (χ4n) is 4.85. The van der Waals surface area contributed by atoms with Crippen molar-refractivity contribution in [3.05, 3.63) is 24.0 Å². The van der Waals surface area contributed by atoms with Crippen molar-refractivity contribution in [2.45, 2.75) is 62.2 Å². The number of carbonyl (C=O) groups is 1. The van der Waals surface area contributed by atoms with Gasteiger partial charge in [0.2, 0.25) is 11.9 Å². The normalized spacial score (nSPS) is 23.6. The van der Waals surface area contributed by atoms with Crippen molar-refractivity contribution in [2.24, 2.45) is 5.92 Å². The van der Waals surface area contributed by atoms with Gasteiger partial charge in [-0.25, -0.2) is 18.4 Å². The van der Waals surface area contributed by atoms with Crippen LogP contribution in [0.1, 0.15) is 63.0 Å². The van der Waals surface area contributed by atoms with E-state index >= 15 is 0 Å². The summed E-state index contributed by atoms with van der Waals surface area (Å²) in [5.74, 6) is 1.03. The summed E-state index contributed by atoms with van der Waals surface area (Å²) >= 11 is 0. The van der Waals surface area contributed by atoms with Gasteiger partial charge in [-0.3, -0.25) is 4.79 Å². The smallest absolute Gasteiger partial charge is 0.226 e. The molecule has 7 nitrogen and oxygen atoms in total. The first-order valence-corrected chi connectivity index (χ1v) is 13.1. The van der Waals surface area contributed by atoms with E-state index in [0.717, 1.165) is 58.0 Å². The van der Waals surface area contributed by atoms with Crippen molar-refractivity contribution >= 4 is 21.7 Å². The molecule has 1 amide bonds. The lowest BCUT2D eigenvalue weighted by Gasteiger charge is -2.35. The van der Waals surface area contributed by atoms with E-state index in [2.05, 4.69) is 22.0 Å². The Kier molecular flexibility index (Phi) is 6.41. The number of likely N-dealkylation sites (tertiary alicyclic amines) is 1. The number of amides is 1. The highest BCUT2D eigenvalue weighted by atomic mass is 32.2. The average molecular weight is 433 g/mol. The van der Waals surface area contributed by atoms with Gasteiger partial charge >= 0.3 is 0 Å². The zero-order chi connectivity index (χ0) is 21.1. The van der Waals surface area contributed by atoms with Gasteiger partial charge in [-0.2, -0.15) is 0 Å². The van der Waals surface area contributed by atoms with E-state index < -0.39 is 9.84 Å². The molecule has 2 fully saturated rings. The lowest BCUT2D eigenvalue weighted by atomic mass is 9.89. The highest BCUT2D eigenvalue weighted by molar-refractivity contribution is 7.90. The molecule has 0 saturated carbocycles. The van der Waals surface area contributed by atoms with Gasteiger partial charge in [-0.15, -0.1) is 0 Å². The fraction of sp³-hybridized carbons (Fsp3) is 0.682. The molecule has 1 aromatic rings. The summed E-state index contributed by atoms with van der Waals surface area (Å²) in [6, 6.07) is 0. The van der Waals surface area contributed by atoms with Crippen molar-refractivity contribution in [3.8, 4) is 0 Å². The molecule has 4 rings (SSSR count). The number of anilines is 1. The minimum absolute atomic E-state index is 0.0385. The Morgan fingerprint density at radius 3 is 2.40 bits per heavy atom. The summed E-state index contributed by atoms with van der Waals surface area (Å²) < 4.78 is 24.8. The second-order valence-electron chi connectivity index (χ2n) is 8.82. The Hall–Kier alpha value is -1.96. The minimum atomic E-state index is -3.41. The maximum absolute atomic E-state index is 12.8. The van der Waals surface area contributed by atoms with Crippen molar-refractivity contribution in [1.82, 2.24) is 14.9 Å². The van der Waals surface area contributed by atoms with Gasteiger partial charge in [0.15, 0.2) is 9.84 Å². The van der Waals surface area contributed by atoms with Crippen molar-refractivity contribution < 1.29 is 13.2 Å². The zero-order valence-corrected chi connectivity index (χ0v) is 18.6. The number of aromatic nitrogens is 2. The average Bonchev–Trinajstić information content (AvgIpc) is 2.79. The summed E-state index contributed by atoms with van der Waals surface area (Å²) in [6.07, 6.45) is 14.7. The van der Waals surface area contributed by atoms with Crippen LogP contribution in [-0.2, 0) is 14.6 Å². The van der Waals surface area contributed by atoms with E-state index in [1.54, 1.807) is 0 Å². The SMILES string of the molecule is CS(=O)(=O)c1cnc(N2CCCCC2)nc1C1CCN(C(=O)C2CC=CCC2)CC1. The Morgan fingerprint density at radius 2 is 1.77 bits per heavy atom. The molecule has 0 spiro atoms. The summed E-state index contributed by atoms with van der Waals surface area (Å²) in [4.78, 5) is 26.4. The third-order valence-corrected chi connectivity index (χ3v) is 7.73. The maximum atomic E-state index is 12.8. The van der Waals surface area contributed by atoms with Crippen molar-refractivity contribution in [1.29, 1.82) is 0 Å². The minimum Gasteiger partial charge on any atom is -0.342 e. The van der Waals surface area contributed by atoms with E-state index in [9.17, 15) is 13.2 Å². The molecule has 0 radical (unpaired) electrons. The molecule has 3 heterocycles. The van der Waals surface area contributed by atoms with Crippen LogP contribution in [0.4, 0.5) is 5.95 Å². The number of hydrogen-bond acceptors (Lipinski definition) is 6. The van der Waals surface area contributed by atoms with Crippen LogP contribution in [0.3, 0.4) is 0 Å². The standard InChI is InChI=1S/C22H32N4O3S/c1-30(28,29)19-16-23-22(26-12-6-3-7-13-26)24-20(19)17-10-14-25(15-11-17)21(27)18-8-4-2-5-9-18/h2,4,16-18H,3,5-15H2,1H3. The van der Waals surface area contributed by atoms with Crippen LogP contribution < -0.4 is 4.90 Å². The van der Waals surface area contributed by atoms with E-state index in [4.69, 9.17) is 4.98 Å². The first kappa shape index (κ1) is 21.3. The molecule has 3 aliphatic rings. The Balaban J connectivity index is 1.51. The summed E-state index contributed by atoms with van der Waals surface area (Å²) in [5.41, 5.74) is 0.640. The number of piperidine rings is 2. The van der Waals surface area contributed by atoms with Gasteiger partial charge in [0.05, 0.1) is 11.9 Å². The molecular weight excluding hydrogens is 400 g/mol. The second kappa shape index (κ2) is 9.04. The lowest BCUT2D eigenvalue weighted by Crippen LogP contribution is -2.42. The molecule has 8 heteroatoms. The van der Waals surface area contributed by atoms with E-state index in [1.807, 2.05) is 4.90 Å². The molecular formula is C22H32N4O3S. The van der Waals surface area contributed by atoms with Gasteiger partial charge in [0.1, 0.15) is 4.90 Å². The van der Waals surface area contributed by atoms with Crippen LogP contribution >= 0.6 is 0 Å². The molecule has 1 atom stereocenters. The molecule has 0 aromatic carbocycles. The summed E-state index contributed by atoms with van der Waals surface area (Å²) in [6.45, 7) is 3.16. The van der Waals surface area contributed by atoms with Crippen LogP contribution in [0.2, 0.25) is 0 Å². The number of nitrogens with zero attached hydrogens (tertiary/aromatic N) is 4. The van der Waals surface area contributed by atoms with Crippen LogP contribution in [0.25, 0.3) is 0 Å². The van der Waals surface area contributed by atoms with E-state index in [1.165, 1.54) is 18.9 Å². The van der Waals surface area contributed by atoms with Crippen LogP contribution in [0.15, 0.2) is 23.2 Å². The fourth-order valence-corrected chi connectivity index (χ4v) is 5.68. The number of sulfone groups is 1. The lowest BCUT2D eigenvalue weighted by molar-refractivity contribution is -0.136. The Labute approximate surface area is 179 Å². The summed E-state index contributed by atoms with van der Waals surface area (Å²) in [5, 5.41) is 0. The maximum Gasteiger partial charge on any atom is 0.226 e. The van der Waals surface area contributed by atoms with Gasteiger partial charge in [-0.1, -0.05) is 12.2 Å². The first-order chi connectivity index (χ1) is 14.4. The zero-order valence-electron chi connectivity index (χ0n) is 17.8. The predicted octanol–water partition coefficient (Wildman–Crippen LogP) is 2.93. The Morgan fingerprint density at radius 1 is 1.03 bits per heavy atom. The van der Waals surface area contributed by atoms with Gasteiger partial charge in [-0.05, 0) is 51.4 Å². The van der Waals surface area contributed by atoms with E-state index in [0.29, 0.717) is 24.7 Å². The molecule has 1 aliphatic carbocycles. The molecule has 0 N–H and O–H groups in total.